The molecule has 2 aromatic carbocycles. The second-order valence-corrected chi connectivity index (χ2v) is 7.96. The number of nitro groups is 1. The van der Waals surface area contributed by atoms with Crippen molar-refractivity contribution in [2.45, 2.75) is 20.4 Å². The zero-order valence-electron chi connectivity index (χ0n) is 15.9. The molecule has 146 valence electrons. The Hall–Kier alpha value is -3.52. The van der Waals surface area contributed by atoms with E-state index in [0.717, 1.165) is 21.6 Å². The number of aryl methyl sites for hydroxylation is 2. The van der Waals surface area contributed by atoms with Crippen molar-refractivity contribution in [1.82, 2.24) is 9.97 Å². The first-order chi connectivity index (χ1) is 13.9. The van der Waals surface area contributed by atoms with Crippen LogP contribution in [0.2, 0.25) is 0 Å². The van der Waals surface area contributed by atoms with Crippen LogP contribution in [0.1, 0.15) is 16.3 Å². The zero-order chi connectivity index (χ0) is 20.5. The minimum absolute atomic E-state index is 0.00326. The van der Waals surface area contributed by atoms with Crippen LogP contribution in [0.4, 0.5) is 11.4 Å². The molecular weight excluding hydrogens is 388 g/mol. The molecule has 4 aromatic rings. The fourth-order valence-corrected chi connectivity index (χ4v) is 4.29. The average molecular weight is 406 g/mol. The Morgan fingerprint density at radius 1 is 1.17 bits per heavy atom. The van der Waals surface area contributed by atoms with Gasteiger partial charge in [-0.2, -0.15) is 0 Å². The number of thiophene rings is 1. The summed E-state index contributed by atoms with van der Waals surface area (Å²) in [4.78, 5) is 32.4. The second-order valence-electron chi connectivity index (χ2n) is 6.75. The van der Waals surface area contributed by atoms with Gasteiger partial charge in [-0.3, -0.25) is 14.9 Å². The number of hydrogen-bond acceptors (Lipinski definition) is 6. The Bertz CT molecular complexity index is 1280. The predicted molar refractivity (Wildman–Crippen MR) is 116 cm³/mol. The van der Waals surface area contributed by atoms with Gasteiger partial charge in [-0.15, -0.1) is 11.3 Å². The fourth-order valence-electron chi connectivity index (χ4n) is 3.23. The summed E-state index contributed by atoms with van der Waals surface area (Å²) in [5, 5.41) is 14.6. The number of hydrogen-bond donors (Lipinski definition) is 2. The number of nitrogens with zero attached hydrogens (tertiary/aromatic N) is 2. The van der Waals surface area contributed by atoms with Crippen LogP contribution in [0.5, 0.6) is 0 Å². The molecular formula is C21H18N4O3S. The first kappa shape index (κ1) is 18.8. The monoisotopic (exact) mass is 406 g/mol. The van der Waals surface area contributed by atoms with Crippen LogP contribution in [-0.2, 0) is 6.54 Å². The molecule has 0 amide bonds. The van der Waals surface area contributed by atoms with Crippen LogP contribution < -0.4 is 10.9 Å². The quantitative estimate of drug-likeness (QED) is 0.367. The van der Waals surface area contributed by atoms with Gasteiger partial charge >= 0.3 is 0 Å². The Morgan fingerprint density at radius 2 is 1.93 bits per heavy atom. The van der Waals surface area contributed by atoms with E-state index in [2.05, 4.69) is 15.3 Å². The van der Waals surface area contributed by atoms with Gasteiger partial charge in [0.05, 0.1) is 16.9 Å². The minimum atomic E-state index is -0.446. The number of nitrogens with one attached hydrogen (secondary N) is 2. The van der Waals surface area contributed by atoms with E-state index < -0.39 is 4.92 Å². The Morgan fingerprint density at radius 3 is 2.66 bits per heavy atom. The van der Waals surface area contributed by atoms with Crippen LogP contribution in [0.25, 0.3) is 21.3 Å². The van der Waals surface area contributed by atoms with Gasteiger partial charge in [-0.05, 0) is 25.5 Å². The first-order valence-corrected chi connectivity index (χ1v) is 9.81. The molecule has 4 rings (SSSR count). The maximum Gasteiger partial charge on any atom is 0.271 e. The molecule has 0 aliphatic rings. The second kappa shape index (κ2) is 7.48. The maximum atomic E-state index is 12.8. The van der Waals surface area contributed by atoms with Crippen molar-refractivity contribution in [3.05, 3.63) is 85.3 Å². The standard InChI is InChI=1S/C21H18N4O3S/c1-12-6-8-14(9-7-12)18-13(2)29-21-19(18)20(26)23-17(24-21)11-22-15-4-3-5-16(10-15)25(27)28/h3-10,22H,11H2,1-2H3,(H,23,24,26). The summed E-state index contributed by atoms with van der Waals surface area (Å²) in [6.45, 7) is 4.27. The third-order valence-electron chi connectivity index (χ3n) is 4.64. The molecule has 0 aliphatic carbocycles. The highest BCUT2D eigenvalue weighted by Crippen LogP contribution is 2.35. The minimum Gasteiger partial charge on any atom is -0.378 e. The molecule has 0 spiro atoms. The lowest BCUT2D eigenvalue weighted by molar-refractivity contribution is -0.384. The molecule has 0 radical (unpaired) electrons. The lowest BCUT2D eigenvalue weighted by Gasteiger charge is -2.06. The van der Waals surface area contributed by atoms with Crippen molar-refractivity contribution in [2.75, 3.05) is 5.32 Å². The normalized spacial score (nSPS) is 11.0. The van der Waals surface area contributed by atoms with Crippen LogP contribution >= 0.6 is 11.3 Å². The highest BCUT2D eigenvalue weighted by atomic mass is 32.1. The number of H-pyrrole nitrogens is 1. The number of non-ortho nitro benzene ring substituents is 1. The van der Waals surface area contributed by atoms with Gasteiger partial charge in [-0.25, -0.2) is 4.98 Å². The van der Waals surface area contributed by atoms with Crippen molar-refractivity contribution in [3.63, 3.8) is 0 Å². The number of aromatic amines is 1. The Kier molecular flexibility index (Phi) is 4.85. The van der Waals surface area contributed by atoms with E-state index in [1.165, 1.54) is 23.5 Å². The summed E-state index contributed by atoms with van der Waals surface area (Å²) in [6, 6.07) is 14.3. The molecule has 0 atom stereocenters. The summed E-state index contributed by atoms with van der Waals surface area (Å²) in [7, 11) is 0. The molecule has 0 saturated heterocycles. The summed E-state index contributed by atoms with van der Waals surface area (Å²) < 4.78 is 0. The molecule has 8 heteroatoms. The van der Waals surface area contributed by atoms with Crippen LogP contribution in [0, 0.1) is 24.0 Å². The van der Waals surface area contributed by atoms with E-state index in [4.69, 9.17) is 0 Å². The number of aromatic nitrogens is 2. The highest BCUT2D eigenvalue weighted by molar-refractivity contribution is 7.19. The Balaban J connectivity index is 1.66. The topological polar surface area (TPSA) is 101 Å². The smallest absolute Gasteiger partial charge is 0.271 e. The molecule has 0 aliphatic heterocycles. The molecule has 2 aromatic heterocycles. The van der Waals surface area contributed by atoms with Crippen LogP contribution in [-0.4, -0.2) is 14.9 Å². The van der Waals surface area contributed by atoms with Gasteiger partial charge in [-0.1, -0.05) is 35.9 Å². The molecule has 2 N–H and O–H groups in total. The molecule has 29 heavy (non-hydrogen) atoms. The van der Waals surface area contributed by atoms with Crippen molar-refractivity contribution in [2.24, 2.45) is 0 Å². The van der Waals surface area contributed by atoms with E-state index in [1.54, 1.807) is 12.1 Å². The maximum absolute atomic E-state index is 12.8. The van der Waals surface area contributed by atoms with E-state index >= 15 is 0 Å². The van der Waals surface area contributed by atoms with Gasteiger partial charge < -0.3 is 10.3 Å². The molecule has 2 heterocycles. The van der Waals surface area contributed by atoms with E-state index in [-0.39, 0.29) is 17.8 Å². The zero-order valence-corrected chi connectivity index (χ0v) is 16.7. The molecule has 7 nitrogen and oxygen atoms in total. The largest absolute Gasteiger partial charge is 0.378 e. The van der Waals surface area contributed by atoms with Crippen molar-refractivity contribution in [3.8, 4) is 11.1 Å². The van der Waals surface area contributed by atoms with E-state index in [0.29, 0.717) is 21.7 Å². The van der Waals surface area contributed by atoms with Gasteiger partial charge in [0.1, 0.15) is 10.7 Å². The highest BCUT2D eigenvalue weighted by Gasteiger charge is 2.16. The number of fused-ring (bicyclic) bond motifs is 1. The van der Waals surface area contributed by atoms with Crippen molar-refractivity contribution < 1.29 is 4.92 Å². The van der Waals surface area contributed by atoms with E-state index in [1.807, 2.05) is 38.1 Å². The summed E-state index contributed by atoms with van der Waals surface area (Å²) in [5.41, 5.74) is 3.47. The lowest BCUT2D eigenvalue weighted by atomic mass is 10.0. The summed E-state index contributed by atoms with van der Waals surface area (Å²) in [5.74, 6) is 0.478. The number of rotatable bonds is 5. The number of nitro benzene ring substituents is 1. The van der Waals surface area contributed by atoms with E-state index in [9.17, 15) is 14.9 Å². The average Bonchev–Trinajstić information content (AvgIpc) is 3.03. The van der Waals surface area contributed by atoms with Crippen molar-refractivity contribution in [1.29, 1.82) is 0 Å². The van der Waals surface area contributed by atoms with Gasteiger partial charge in [0, 0.05) is 28.3 Å². The van der Waals surface area contributed by atoms with Crippen LogP contribution in [0.3, 0.4) is 0 Å². The molecule has 0 fully saturated rings. The van der Waals surface area contributed by atoms with Crippen molar-refractivity contribution >= 4 is 32.9 Å². The fraction of sp³-hybridized carbons (Fsp3) is 0.143. The third kappa shape index (κ3) is 3.74. The van der Waals surface area contributed by atoms with Gasteiger partial charge in [0.2, 0.25) is 0 Å². The van der Waals surface area contributed by atoms with Gasteiger partial charge in [0.15, 0.2) is 0 Å². The number of benzene rings is 2. The van der Waals surface area contributed by atoms with Crippen LogP contribution in [0.15, 0.2) is 53.3 Å². The Labute approximate surface area is 170 Å². The third-order valence-corrected chi connectivity index (χ3v) is 5.64. The van der Waals surface area contributed by atoms with Gasteiger partial charge in [0.25, 0.3) is 11.2 Å². The predicted octanol–water partition coefficient (Wildman–Crippen LogP) is 4.79. The molecule has 0 unspecified atom stereocenters. The lowest BCUT2D eigenvalue weighted by Crippen LogP contribution is -2.14. The summed E-state index contributed by atoms with van der Waals surface area (Å²) in [6.07, 6.45) is 0. The molecule has 0 bridgehead atoms. The summed E-state index contributed by atoms with van der Waals surface area (Å²) >= 11 is 1.49. The SMILES string of the molecule is Cc1ccc(-c2c(C)sc3nc(CNc4cccc([N+](=O)[O-])c4)[nH]c(=O)c23)cc1. The first-order valence-electron chi connectivity index (χ1n) is 9.00. The molecule has 0 saturated carbocycles. The number of anilines is 1.